The van der Waals surface area contributed by atoms with Crippen LogP contribution < -0.4 is 4.74 Å². The molecule has 6 rings (SSSR count). The van der Waals surface area contributed by atoms with Crippen molar-refractivity contribution >= 4 is 5.78 Å². The topological polar surface area (TPSA) is 44.8 Å². The third-order valence-electron chi connectivity index (χ3n) is 10.5. The van der Waals surface area contributed by atoms with Crippen LogP contribution in [0.3, 0.4) is 0 Å². The summed E-state index contributed by atoms with van der Waals surface area (Å²) < 4.78 is 18.1. The van der Waals surface area contributed by atoms with Crippen molar-refractivity contribution in [2.75, 3.05) is 13.7 Å². The van der Waals surface area contributed by atoms with Crippen LogP contribution in [-0.2, 0) is 14.3 Å². The highest BCUT2D eigenvalue weighted by Gasteiger charge is 2.79. The number of carbonyl (C=O) groups is 1. The molecule has 0 N–H and O–H groups in total. The standard InChI is InChI=1S/C28H36O4/c1-16(2)20-12-24(29)28-13-21-19-15-31-25(17-6-8-18(30-5)9-7-17)32-22(19)10-11-26(21,3)23(28)14-27(20,28)4/h6-9,16,20,22-23,25H,10-15H2,1-5H3/t20-,22+,23?,25?,26-,27-,28?/m1/s1. The molecule has 4 fully saturated rings. The Morgan fingerprint density at radius 1 is 1.16 bits per heavy atom. The van der Waals surface area contributed by atoms with Crippen LogP contribution in [0.5, 0.6) is 5.75 Å². The Morgan fingerprint density at radius 2 is 1.91 bits per heavy atom. The van der Waals surface area contributed by atoms with Gasteiger partial charge in [-0.25, -0.2) is 0 Å². The molecule has 1 aliphatic heterocycles. The van der Waals surface area contributed by atoms with Crippen LogP contribution >= 0.6 is 0 Å². The molecule has 3 saturated carbocycles. The second-order valence-corrected chi connectivity index (χ2v) is 11.8. The molecular weight excluding hydrogens is 400 g/mol. The van der Waals surface area contributed by atoms with Crippen molar-refractivity contribution in [2.24, 2.45) is 34.0 Å². The Balaban J connectivity index is 1.32. The Labute approximate surface area is 191 Å². The first-order valence-corrected chi connectivity index (χ1v) is 12.4. The third kappa shape index (κ3) is 2.38. The molecule has 0 amide bonds. The molecule has 3 unspecified atom stereocenters. The van der Waals surface area contributed by atoms with Gasteiger partial charge in [0.15, 0.2) is 6.29 Å². The Morgan fingerprint density at radius 3 is 2.59 bits per heavy atom. The van der Waals surface area contributed by atoms with Crippen molar-refractivity contribution in [3.05, 3.63) is 41.0 Å². The van der Waals surface area contributed by atoms with Crippen molar-refractivity contribution in [1.82, 2.24) is 0 Å². The first-order chi connectivity index (χ1) is 15.2. The van der Waals surface area contributed by atoms with Crippen LogP contribution in [0.15, 0.2) is 35.4 Å². The zero-order valence-electron chi connectivity index (χ0n) is 20.1. The zero-order chi connectivity index (χ0) is 22.5. The Kier molecular flexibility index (Phi) is 4.38. The van der Waals surface area contributed by atoms with E-state index in [2.05, 4.69) is 27.7 Å². The fourth-order valence-corrected chi connectivity index (χ4v) is 8.73. The van der Waals surface area contributed by atoms with Gasteiger partial charge >= 0.3 is 0 Å². The zero-order valence-corrected chi connectivity index (χ0v) is 20.1. The van der Waals surface area contributed by atoms with E-state index >= 15 is 0 Å². The van der Waals surface area contributed by atoms with Gasteiger partial charge in [0.05, 0.1) is 19.8 Å². The maximum absolute atomic E-state index is 13.6. The summed E-state index contributed by atoms with van der Waals surface area (Å²) in [6.45, 7) is 10.1. The number of carbonyl (C=O) groups excluding carboxylic acids is 1. The summed E-state index contributed by atoms with van der Waals surface area (Å²) in [4.78, 5) is 13.6. The van der Waals surface area contributed by atoms with Crippen LogP contribution in [0.4, 0.5) is 0 Å². The minimum atomic E-state index is -0.334. The summed E-state index contributed by atoms with van der Waals surface area (Å²) in [6, 6.07) is 7.97. The number of allylic oxidation sites excluding steroid dienone is 1. The van der Waals surface area contributed by atoms with Crippen LogP contribution in [0.25, 0.3) is 0 Å². The smallest absolute Gasteiger partial charge is 0.184 e. The highest BCUT2D eigenvalue weighted by atomic mass is 16.7. The van der Waals surface area contributed by atoms with Crippen molar-refractivity contribution in [2.45, 2.75) is 72.2 Å². The average Bonchev–Trinajstić information content (AvgIpc) is 3.10. The van der Waals surface area contributed by atoms with Crippen molar-refractivity contribution in [3.63, 3.8) is 0 Å². The van der Waals surface area contributed by atoms with Crippen LogP contribution in [0, 0.1) is 34.0 Å². The fourth-order valence-electron chi connectivity index (χ4n) is 8.73. The number of ketones is 1. The normalized spacial score (nSPS) is 44.6. The Hall–Kier alpha value is -1.65. The molecule has 5 aliphatic rings. The van der Waals surface area contributed by atoms with Gasteiger partial charge in [-0.2, -0.15) is 0 Å². The lowest BCUT2D eigenvalue weighted by atomic mass is 9.41. The van der Waals surface area contributed by atoms with E-state index in [0.29, 0.717) is 30.1 Å². The van der Waals surface area contributed by atoms with E-state index in [1.54, 1.807) is 7.11 Å². The highest BCUT2D eigenvalue weighted by Crippen LogP contribution is 2.82. The maximum atomic E-state index is 13.6. The molecule has 0 aromatic heterocycles. The molecule has 4 nitrogen and oxygen atoms in total. The van der Waals surface area contributed by atoms with Gasteiger partial charge in [-0.3, -0.25) is 4.79 Å². The molecule has 0 bridgehead atoms. The number of Topliss-reactive ketones (excluding diaryl/α,β-unsaturated/α-hetero) is 1. The van der Waals surface area contributed by atoms with Gasteiger partial charge < -0.3 is 14.2 Å². The van der Waals surface area contributed by atoms with Gasteiger partial charge in [0.1, 0.15) is 11.5 Å². The van der Waals surface area contributed by atoms with E-state index < -0.39 is 0 Å². The van der Waals surface area contributed by atoms with Gasteiger partial charge in [0.25, 0.3) is 0 Å². The van der Waals surface area contributed by atoms with E-state index in [9.17, 15) is 4.79 Å². The summed E-state index contributed by atoms with van der Waals surface area (Å²) in [5.41, 5.74) is 4.04. The van der Waals surface area contributed by atoms with Gasteiger partial charge in [-0.1, -0.05) is 45.4 Å². The molecule has 0 radical (unpaired) electrons. The maximum Gasteiger partial charge on any atom is 0.184 e. The summed E-state index contributed by atoms with van der Waals surface area (Å²) >= 11 is 0. The third-order valence-corrected chi connectivity index (χ3v) is 10.5. The number of rotatable bonds is 3. The number of benzene rings is 1. The minimum Gasteiger partial charge on any atom is -0.497 e. The molecule has 7 atom stereocenters. The molecule has 1 aromatic rings. The molecule has 1 aromatic carbocycles. The molecule has 1 spiro atoms. The van der Waals surface area contributed by atoms with E-state index in [1.165, 1.54) is 17.6 Å². The van der Waals surface area contributed by atoms with E-state index in [1.807, 2.05) is 24.3 Å². The predicted octanol–water partition coefficient (Wildman–Crippen LogP) is 5.87. The lowest BCUT2D eigenvalue weighted by molar-refractivity contribution is -0.200. The van der Waals surface area contributed by atoms with Crippen molar-refractivity contribution in [1.29, 1.82) is 0 Å². The minimum absolute atomic E-state index is 0.108. The lowest BCUT2D eigenvalue weighted by Gasteiger charge is -2.61. The summed E-state index contributed by atoms with van der Waals surface area (Å²) in [7, 11) is 1.68. The van der Waals surface area contributed by atoms with Crippen LogP contribution in [0.2, 0.25) is 0 Å². The van der Waals surface area contributed by atoms with Gasteiger partial charge in [0.2, 0.25) is 0 Å². The number of hydrogen-bond acceptors (Lipinski definition) is 4. The second-order valence-electron chi connectivity index (χ2n) is 11.8. The van der Waals surface area contributed by atoms with E-state index in [-0.39, 0.29) is 28.6 Å². The van der Waals surface area contributed by atoms with Crippen LogP contribution in [0.1, 0.15) is 71.7 Å². The largest absolute Gasteiger partial charge is 0.497 e. The number of fused-ring (bicyclic) bond motifs is 3. The highest BCUT2D eigenvalue weighted by molar-refractivity contribution is 5.92. The molecular formula is C28H36O4. The Bertz CT molecular complexity index is 993. The quantitative estimate of drug-likeness (QED) is 0.556. The SMILES string of the molecule is COc1ccc(C2OCC3=C4CC56C(=O)C[C@H](C(C)C)[C@@]5(C)CC6[C@]4(C)CC[C@@H]3O2)cc1. The molecule has 4 heteroatoms. The first-order valence-electron chi connectivity index (χ1n) is 12.4. The number of methoxy groups -OCH3 is 1. The van der Waals surface area contributed by atoms with Crippen molar-refractivity contribution < 1.29 is 19.0 Å². The first kappa shape index (κ1) is 20.9. The summed E-state index contributed by atoms with van der Waals surface area (Å²) in [5, 5.41) is 0. The van der Waals surface area contributed by atoms with E-state index in [4.69, 9.17) is 14.2 Å². The molecule has 32 heavy (non-hydrogen) atoms. The van der Waals surface area contributed by atoms with Gasteiger partial charge in [-0.15, -0.1) is 0 Å². The molecule has 4 aliphatic carbocycles. The van der Waals surface area contributed by atoms with E-state index in [0.717, 1.165) is 37.0 Å². The van der Waals surface area contributed by atoms with Gasteiger partial charge in [-0.05, 0) is 72.0 Å². The fraction of sp³-hybridized carbons (Fsp3) is 0.679. The summed E-state index contributed by atoms with van der Waals surface area (Å²) in [5.74, 6) is 2.97. The van der Waals surface area contributed by atoms with Crippen molar-refractivity contribution in [3.8, 4) is 5.75 Å². The number of hydrogen-bond donors (Lipinski definition) is 0. The molecule has 1 heterocycles. The average molecular weight is 437 g/mol. The van der Waals surface area contributed by atoms with Gasteiger partial charge in [0, 0.05) is 17.4 Å². The predicted molar refractivity (Wildman–Crippen MR) is 122 cm³/mol. The monoisotopic (exact) mass is 436 g/mol. The lowest BCUT2D eigenvalue weighted by Crippen LogP contribution is -2.59. The molecule has 172 valence electrons. The second kappa shape index (κ2) is 6.70. The summed E-state index contributed by atoms with van der Waals surface area (Å²) in [6.07, 6.45) is 4.84. The van der Waals surface area contributed by atoms with Crippen LogP contribution in [-0.4, -0.2) is 25.6 Å². The number of ether oxygens (including phenoxy) is 3. The molecule has 1 saturated heterocycles.